The van der Waals surface area contributed by atoms with Crippen molar-refractivity contribution < 1.29 is 37.0 Å². The van der Waals surface area contributed by atoms with Crippen LogP contribution in [0.2, 0.25) is 0 Å². The monoisotopic (exact) mass is 408 g/mol. The minimum atomic E-state index is -4.99. The van der Waals surface area contributed by atoms with Gasteiger partial charge in [-0.25, -0.2) is 9.59 Å². The van der Waals surface area contributed by atoms with Gasteiger partial charge in [0.2, 0.25) is 6.10 Å². The van der Waals surface area contributed by atoms with Crippen LogP contribution in [0.3, 0.4) is 0 Å². The molecule has 1 heterocycles. The molecule has 0 aliphatic heterocycles. The molecule has 0 spiro atoms. The third kappa shape index (κ3) is 4.94. The lowest BCUT2D eigenvalue weighted by atomic mass is 9.98. The summed E-state index contributed by atoms with van der Waals surface area (Å²) in [5, 5.41) is 9.63. The van der Waals surface area contributed by atoms with E-state index in [1.807, 2.05) is 31.2 Å². The Labute approximate surface area is 162 Å². The Morgan fingerprint density at radius 3 is 2.52 bits per heavy atom. The molecule has 3 aromatic rings. The van der Waals surface area contributed by atoms with Gasteiger partial charge in [0.05, 0.1) is 0 Å². The number of aliphatic carboxylic acids is 1. The van der Waals surface area contributed by atoms with Crippen molar-refractivity contribution in [3.63, 3.8) is 0 Å². The number of halogens is 3. The molecule has 1 aromatic heterocycles. The predicted molar refractivity (Wildman–Crippen MR) is 96.7 cm³/mol. The normalized spacial score (nSPS) is 12.7. The van der Waals surface area contributed by atoms with E-state index in [0.29, 0.717) is 10.9 Å². The van der Waals surface area contributed by atoms with Crippen LogP contribution in [0.1, 0.15) is 5.56 Å². The van der Waals surface area contributed by atoms with Crippen LogP contribution in [-0.4, -0.2) is 30.1 Å². The maximum Gasteiger partial charge on any atom is 0.522 e. The molecule has 0 bridgehead atoms. The summed E-state index contributed by atoms with van der Waals surface area (Å²) in [5.41, 5.74) is 1.81. The van der Waals surface area contributed by atoms with E-state index in [-0.39, 0.29) is 11.3 Å². The fraction of sp³-hybridized carbons (Fsp3) is 0.200. The van der Waals surface area contributed by atoms with Gasteiger partial charge in [-0.2, -0.15) is 0 Å². The van der Waals surface area contributed by atoms with Crippen LogP contribution in [-0.2, 0) is 9.53 Å². The van der Waals surface area contributed by atoms with Crippen LogP contribution in [0.5, 0.6) is 5.75 Å². The molecule has 0 saturated carbocycles. The molecule has 0 radical (unpaired) electrons. The van der Waals surface area contributed by atoms with E-state index >= 15 is 0 Å². The highest BCUT2D eigenvalue weighted by Crippen LogP contribution is 2.31. The van der Waals surface area contributed by atoms with Crippen molar-refractivity contribution in [3.05, 3.63) is 64.5 Å². The molecule has 1 N–H and O–H groups in total. The number of aryl methyl sites for hydroxylation is 1. The minimum absolute atomic E-state index is 0.0826. The molecule has 152 valence electrons. The average molecular weight is 408 g/mol. The number of hydrogen-bond acceptors (Lipinski definition) is 5. The fourth-order valence-electron chi connectivity index (χ4n) is 2.80. The number of carboxylic acid groups (broad SMARTS) is 1. The number of ether oxygens (including phenoxy) is 2. The van der Waals surface area contributed by atoms with Crippen LogP contribution in [0.25, 0.3) is 22.1 Å². The third-order valence-electron chi connectivity index (χ3n) is 4.10. The van der Waals surface area contributed by atoms with Crippen molar-refractivity contribution in [1.82, 2.24) is 0 Å². The van der Waals surface area contributed by atoms with Crippen molar-refractivity contribution >= 4 is 16.9 Å². The van der Waals surface area contributed by atoms with E-state index in [0.717, 1.165) is 11.1 Å². The molecule has 9 heteroatoms. The summed E-state index contributed by atoms with van der Waals surface area (Å²) in [4.78, 5) is 23.2. The van der Waals surface area contributed by atoms with Crippen molar-refractivity contribution in [2.45, 2.75) is 19.4 Å². The Kier molecular flexibility index (Phi) is 5.60. The van der Waals surface area contributed by atoms with Gasteiger partial charge in [-0.1, -0.05) is 24.3 Å². The van der Waals surface area contributed by atoms with Crippen LogP contribution >= 0.6 is 0 Å². The van der Waals surface area contributed by atoms with E-state index in [2.05, 4.69) is 4.74 Å². The molecular formula is C20H15F3O6. The van der Waals surface area contributed by atoms with Gasteiger partial charge in [0.1, 0.15) is 17.9 Å². The molecule has 2 aromatic carbocycles. The Morgan fingerprint density at radius 1 is 1.14 bits per heavy atom. The first-order chi connectivity index (χ1) is 13.6. The largest absolute Gasteiger partial charge is 0.522 e. The number of alkyl halides is 3. The SMILES string of the molecule is Cc1ccccc1-c1cc(=O)oc2cc(O[C@@H](COC(F)(F)F)C(=O)O)ccc12. The first-order valence-electron chi connectivity index (χ1n) is 8.38. The van der Waals surface area contributed by atoms with E-state index in [9.17, 15) is 22.8 Å². The van der Waals surface area contributed by atoms with Crippen molar-refractivity contribution in [1.29, 1.82) is 0 Å². The Hall–Kier alpha value is -3.33. The lowest BCUT2D eigenvalue weighted by Gasteiger charge is -2.17. The molecule has 29 heavy (non-hydrogen) atoms. The maximum absolute atomic E-state index is 12.2. The zero-order valence-electron chi connectivity index (χ0n) is 15.0. The number of fused-ring (bicyclic) bond motifs is 1. The van der Waals surface area contributed by atoms with Gasteiger partial charge in [-0.15, -0.1) is 13.2 Å². The van der Waals surface area contributed by atoms with Crippen LogP contribution < -0.4 is 10.4 Å². The lowest BCUT2D eigenvalue weighted by Crippen LogP contribution is -2.34. The van der Waals surface area contributed by atoms with Crippen LogP contribution in [0.4, 0.5) is 13.2 Å². The fourth-order valence-corrected chi connectivity index (χ4v) is 2.80. The quantitative estimate of drug-likeness (QED) is 0.617. The van der Waals surface area contributed by atoms with Gasteiger partial charge in [0, 0.05) is 23.1 Å². The van der Waals surface area contributed by atoms with Gasteiger partial charge < -0.3 is 14.3 Å². The predicted octanol–water partition coefficient (Wildman–Crippen LogP) is 4.14. The minimum Gasteiger partial charge on any atom is -0.478 e. The summed E-state index contributed by atoms with van der Waals surface area (Å²) in [7, 11) is 0. The Balaban J connectivity index is 1.97. The molecule has 0 amide bonds. The van der Waals surface area contributed by atoms with Crippen molar-refractivity contribution in [2.75, 3.05) is 6.61 Å². The van der Waals surface area contributed by atoms with E-state index < -0.39 is 30.7 Å². The molecule has 6 nitrogen and oxygen atoms in total. The van der Waals surface area contributed by atoms with E-state index in [4.69, 9.17) is 14.3 Å². The van der Waals surface area contributed by atoms with Crippen molar-refractivity contribution in [2.24, 2.45) is 0 Å². The lowest BCUT2D eigenvalue weighted by molar-refractivity contribution is -0.328. The zero-order valence-corrected chi connectivity index (χ0v) is 15.0. The van der Waals surface area contributed by atoms with E-state index in [1.165, 1.54) is 18.2 Å². The number of benzene rings is 2. The number of hydrogen-bond donors (Lipinski definition) is 1. The summed E-state index contributed by atoms with van der Waals surface area (Å²) >= 11 is 0. The zero-order chi connectivity index (χ0) is 21.2. The standard InChI is InChI=1S/C20H15F3O6/c1-11-4-2-3-5-13(11)15-9-18(24)29-16-8-12(6-7-14(15)16)28-17(19(25)26)10-27-20(21,22)23/h2-9,17H,10H2,1H3,(H,25,26)/t17-/m0/s1. The second kappa shape index (κ2) is 7.96. The summed E-state index contributed by atoms with van der Waals surface area (Å²) in [5.74, 6) is -1.72. The summed E-state index contributed by atoms with van der Waals surface area (Å²) in [6.07, 6.45) is -6.89. The topological polar surface area (TPSA) is 86.0 Å². The third-order valence-corrected chi connectivity index (χ3v) is 4.10. The van der Waals surface area contributed by atoms with Gasteiger partial charge in [0.15, 0.2) is 0 Å². The molecule has 0 aliphatic rings. The van der Waals surface area contributed by atoms with Crippen LogP contribution in [0, 0.1) is 6.92 Å². The highest BCUT2D eigenvalue weighted by atomic mass is 19.4. The molecular weight excluding hydrogens is 393 g/mol. The first-order valence-corrected chi connectivity index (χ1v) is 8.38. The highest BCUT2D eigenvalue weighted by molar-refractivity contribution is 5.94. The molecule has 0 fully saturated rings. The maximum atomic E-state index is 12.2. The summed E-state index contributed by atoms with van der Waals surface area (Å²) < 4.78 is 50.4. The number of carboxylic acids is 1. The average Bonchev–Trinajstić information content (AvgIpc) is 2.63. The molecule has 0 saturated heterocycles. The van der Waals surface area contributed by atoms with E-state index in [1.54, 1.807) is 6.07 Å². The summed E-state index contributed by atoms with van der Waals surface area (Å²) in [6.45, 7) is 0.648. The molecule has 3 rings (SSSR count). The van der Waals surface area contributed by atoms with Gasteiger partial charge in [0.25, 0.3) is 0 Å². The van der Waals surface area contributed by atoms with Gasteiger partial charge >= 0.3 is 18.0 Å². The van der Waals surface area contributed by atoms with Crippen molar-refractivity contribution in [3.8, 4) is 16.9 Å². The Bertz CT molecular complexity index is 1100. The van der Waals surface area contributed by atoms with Crippen LogP contribution in [0.15, 0.2) is 57.7 Å². The molecule has 0 unspecified atom stereocenters. The molecule has 0 aliphatic carbocycles. The number of carbonyl (C=O) groups is 1. The van der Waals surface area contributed by atoms with Gasteiger partial charge in [-0.3, -0.25) is 4.74 Å². The summed E-state index contributed by atoms with van der Waals surface area (Å²) in [6, 6.07) is 12.9. The Morgan fingerprint density at radius 2 is 1.86 bits per heavy atom. The number of rotatable bonds is 6. The highest BCUT2D eigenvalue weighted by Gasteiger charge is 2.33. The second-order valence-electron chi connectivity index (χ2n) is 6.15. The molecule has 1 atom stereocenters. The second-order valence-corrected chi connectivity index (χ2v) is 6.15. The van der Waals surface area contributed by atoms with Gasteiger partial charge in [-0.05, 0) is 30.2 Å². The smallest absolute Gasteiger partial charge is 0.478 e. The first kappa shape index (κ1) is 20.4.